The van der Waals surface area contributed by atoms with Crippen LogP contribution in [0.4, 0.5) is 4.39 Å². The lowest BCUT2D eigenvalue weighted by atomic mass is 9.95. The number of nitrogens with one attached hydrogen (secondary N) is 1. The highest BCUT2D eigenvalue weighted by Gasteiger charge is 2.22. The molecule has 1 rings (SSSR count). The summed E-state index contributed by atoms with van der Waals surface area (Å²) in [6, 6.07) is 0. The first-order valence-corrected chi connectivity index (χ1v) is 4.21. The van der Waals surface area contributed by atoms with Crippen LogP contribution in [-0.4, -0.2) is 33.0 Å². The van der Waals surface area contributed by atoms with E-state index in [1.165, 1.54) is 0 Å². The van der Waals surface area contributed by atoms with Gasteiger partial charge in [0.1, 0.15) is 6.17 Å². The Bertz CT molecular complexity index is 104. The second-order valence-corrected chi connectivity index (χ2v) is 3.02. The van der Waals surface area contributed by atoms with E-state index in [1.54, 1.807) is 7.05 Å². The van der Waals surface area contributed by atoms with Gasteiger partial charge in [-0.2, -0.15) is 0 Å². The molecule has 0 aromatic carbocycles. The molecule has 0 bridgehead atoms. The molecule has 1 atom stereocenters. The molecule has 0 spiro atoms. The molecule has 2 nitrogen and oxygen atoms in total. The van der Waals surface area contributed by atoms with E-state index < -0.39 is 6.17 Å². The van der Waals surface area contributed by atoms with E-state index in [4.69, 9.17) is 4.74 Å². The van der Waals surface area contributed by atoms with Gasteiger partial charge in [0.15, 0.2) is 0 Å². The molecule has 1 heterocycles. The van der Waals surface area contributed by atoms with E-state index in [-0.39, 0.29) is 5.92 Å². The van der Waals surface area contributed by atoms with E-state index in [0.717, 1.165) is 26.1 Å². The molecule has 1 aliphatic rings. The van der Waals surface area contributed by atoms with Gasteiger partial charge in [-0.25, -0.2) is 4.39 Å². The number of alkyl halides is 1. The molecule has 66 valence electrons. The van der Waals surface area contributed by atoms with Crippen molar-refractivity contribution < 1.29 is 9.13 Å². The van der Waals surface area contributed by atoms with Crippen molar-refractivity contribution in [1.29, 1.82) is 0 Å². The zero-order valence-corrected chi connectivity index (χ0v) is 6.98. The van der Waals surface area contributed by atoms with Crippen molar-refractivity contribution in [1.82, 2.24) is 5.32 Å². The van der Waals surface area contributed by atoms with Crippen molar-refractivity contribution in [2.45, 2.75) is 19.0 Å². The van der Waals surface area contributed by atoms with Gasteiger partial charge >= 0.3 is 0 Å². The third kappa shape index (κ3) is 2.75. The van der Waals surface area contributed by atoms with Gasteiger partial charge in [-0.15, -0.1) is 0 Å². The fraction of sp³-hybridized carbons (Fsp3) is 1.00. The molecular formula is C8H16FNO. The van der Waals surface area contributed by atoms with Crippen molar-refractivity contribution in [2.24, 2.45) is 5.92 Å². The third-order valence-corrected chi connectivity index (χ3v) is 2.18. The SMILES string of the molecule is CNCC(F)C1CCOCC1. The lowest BCUT2D eigenvalue weighted by Crippen LogP contribution is -2.31. The van der Waals surface area contributed by atoms with Crippen LogP contribution in [0.1, 0.15) is 12.8 Å². The zero-order valence-electron chi connectivity index (χ0n) is 6.98. The summed E-state index contributed by atoms with van der Waals surface area (Å²) < 4.78 is 18.3. The maximum absolute atomic E-state index is 13.2. The molecule has 1 aliphatic heterocycles. The normalized spacial score (nSPS) is 23.5. The van der Waals surface area contributed by atoms with Crippen molar-refractivity contribution in [3.8, 4) is 0 Å². The Labute approximate surface area is 67.1 Å². The van der Waals surface area contributed by atoms with E-state index in [2.05, 4.69) is 5.32 Å². The summed E-state index contributed by atoms with van der Waals surface area (Å²) in [4.78, 5) is 0. The van der Waals surface area contributed by atoms with Gasteiger partial charge in [0.2, 0.25) is 0 Å². The van der Waals surface area contributed by atoms with Crippen LogP contribution in [0.5, 0.6) is 0 Å². The minimum Gasteiger partial charge on any atom is -0.381 e. The number of halogens is 1. The minimum atomic E-state index is -0.691. The average Bonchev–Trinajstić information content (AvgIpc) is 2.07. The van der Waals surface area contributed by atoms with Crippen LogP contribution in [0.3, 0.4) is 0 Å². The Morgan fingerprint density at radius 3 is 2.73 bits per heavy atom. The standard InChI is InChI=1S/C8H16FNO/c1-10-6-8(9)7-2-4-11-5-3-7/h7-8,10H,2-6H2,1H3. The Kier molecular flexibility index (Phi) is 3.80. The molecule has 1 unspecified atom stereocenters. The highest BCUT2D eigenvalue weighted by molar-refractivity contribution is 4.73. The monoisotopic (exact) mass is 161 g/mol. The first-order chi connectivity index (χ1) is 5.34. The number of hydrogen-bond donors (Lipinski definition) is 1. The Morgan fingerprint density at radius 2 is 2.18 bits per heavy atom. The van der Waals surface area contributed by atoms with Crippen LogP contribution in [0.2, 0.25) is 0 Å². The molecule has 11 heavy (non-hydrogen) atoms. The van der Waals surface area contributed by atoms with Gasteiger partial charge in [0, 0.05) is 19.8 Å². The summed E-state index contributed by atoms with van der Waals surface area (Å²) in [6.07, 6.45) is 1.06. The van der Waals surface area contributed by atoms with Gasteiger partial charge < -0.3 is 10.1 Å². The topological polar surface area (TPSA) is 21.3 Å². The molecule has 0 aromatic rings. The lowest BCUT2D eigenvalue weighted by molar-refractivity contribution is 0.0374. The van der Waals surface area contributed by atoms with Gasteiger partial charge in [0.05, 0.1) is 0 Å². The summed E-state index contributed by atoms with van der Waals surface area (Å²) in [5, 5.41) is 2.85. The Balaban J connectivity index is 2.21. The van der Waals surface area contributed by atoms with E-state index >= 15 is 0 Å². The van der Waals surface area contributed by atoms with Gasteiger partial charge in [-0.3, -0.25) is 0 Å². The predicted molar refractivity (Wildman–Crippen MR) is 42.4 cm³/mol. The summed E-state index contributed by atoms with van der Waals surface area (Å²) in [6.45, 7) is 1.94. The minimum absolute atomic E-state index is 0.219. The Morgan fingerprint density at radius 1 is 1.55 bits per heavy atom. The molecule has 1 saturated heterocycles. The zero-order chi connectivity index (χ0) is 8.10. The number of hydrogen-bond acceptors (Lipinski definition) is 2. The van der Waals surface area contributed by atoms with Crippen molar-refractivity contribution >= 4 is 0 Å². The summed E-state index contributed by atoms with van der Waals surface area (Å²) in [5.74, 6) is 0.219. The van der Waals surface area contributed by atoms with Crippen LogP contribution in [-0.2, 0) is 4.74 Å². The molecular weight excluding hydrogens is 145 g/mol. The molecule has 0 saturated carbocycles. The molecule has 0 amide bonds. The third-order valence-electron chi connectivity index (χ3n) is 2.18. The first kappa shape index (κ1) is 8.94. The van der Waals surface area contributed by atoms with Gasteiger partial charge in [0.25, 0.3) is 0 Å². The van der Waals surface area contributed by atoms with Crippen LogP contribution in [0, 0.1) is 5.92 Å². The second-order valence-electron chi connectivity index (χ2n) is 3.02. The van der Waals surface area contributed by atoms with Crippen LogP contribution in [0.25, 0.3) is 0 Å². The lowest BCUT2D eigenvalue weighted by Gasteiger charge is -2.24. The molecule has 3 heteroatoms. The van der Waals surface area contributed by atoms with Crippen LogP contribution in [0.15, 0.2) is 0 Å². The van der Waals surface area contributed by atoms with E-state index in [9.17, 15) is 4.39 Å². The van der Waals surface area contributed by atoms with Gasteiger partial charge in [-0.1, -0.05) is 0 Å². The molecule has 0 aliphatic carbocycles. The summed E-state index contributed by atoms with van der Waals surface area (Å²) in [7, 11) is 1.78. The highest BCUT2D eigenvalue weighted by atomic mass is 19.1. The van der Waals surface area contributed by atoms with E-state index in [0.29, 0.717) is 6.54 Å². The summed E-state index contributed by atoms with van der Waals surface area (Å²) in [5.41, 5.74) is 0. The highest BCUT2D eigenvalue weighted by Crippen LogP contribution is 2.20. The van der Waals surface area contributed by atoms with Crippen LogP contribution >= 0.6 is 0 Å². The predicted octanol–water partition coefficient (Wildman–Crippen LogP) is 0.970. The molecule has 1 N–H and O–H groups in total. The average molecular weight is 161 g/mol. The molecule has 1 fully saturated rings. The van der Waals surface area contributed by atoms with Gasteiger partial charge in [-0.05, 0) is 25.8 Å². The van der Waals surface area contributed by atoms with Crippen molar-refractivity contribution in [3.63, 3.8) is 0 Å². The first-order valence-electron chi connectivity index (χ1n) is 4.21. The summed E-state index contributed by atoms with van der Waals surface area (Å²) >= 11 is 0. The number of rotatable bonds is 3. The fourth-order valence-corrected chi connectivity index (χ4v) is 1.44. The second kappa shape index (κ2) is 4.67. The van der Waals surface area contributed by atoms with E-state index in [1.807, 2.05) is 0 Å². The smallest absolute Gasteiger partial charge is 0.115 e. The number of ether oxygens (including phenoxy) is 1. The fourth-order valence-electron chi connectivity index (χ4n) is 1.44. The van der Waals surface area contributed by atoms with Crippen molar-refractivity contribution in [3.05, 3.63) is 0 Å². The molecule has 0 aromatic heterocycles. The maximum Gasteiger partial charge on any atom is 0.115 e. The Hall–Kier alpha value is -0.150. The van der Waals surface area contributed by atoms with Crippen molar-refractivity contribution in [2.75, 3.05) is 26.8 Å². The van der Waals surface area contributed by atoms with Crippen LogP contribution < -0.4 is 5.32 Å². The maximum atomic E-state index is 13.2. The molecule has 0 radical (unpaired) electrons. The largest absolute Gasteiger partial charge is 0.381 e. The quantitative estimate of drug-likeness (QED) is 0.666.